The maximum atomic E-state index is 3.39. The van der Waals surface area contributed by atoms with Crippen LogP contribution in [0.4, 0.5) is 0 Å². The van der Waals surface area contributed by atoms with E-state index in [0.29, 0.717) is 0 Å². The molecular formula is C9H18Cl2N2S. The fourth-order valence-corrected chi connectivity index (χ4v) is 1.68. The van der Waals surface area contributed by atoms with Crippen molar-refractivity contribution in [1.29, 1.82) is 0 Å². The van der Waals surface area contributed by atoms with Crippen molar-refractivity contribution in [3.05, 3.63) is 22.4 Å². The van der Waals surface area contributed by atoms with E-state index in [1.54, 1.807) is 11.3 Å². The van der Waals surface area contributed by atoms with Crippen LogP contribution in [0.1, 0.15) is 12.0 Å². The molecule has 0 aromatic carbocycles. The number of nitrogens with one attached hydrogen (secondary N) is 2. The van der Waals surface area contributed by atoms with Crippen LogP contribution in [0.3, 0.4) is 0 Å². The van der Waals surface area contributed by atoms with Crippen molar-refractivity contribution < 1.29 is 0 Å². The van der Waals surface area contributed by atoms with Crippen molar-refractivity contribution in [1.82, 2.24) is 10.6 Å². The van der Waals surface area contributed by atoms with Gasteiger partial charge >= 0.3 is 0 Å². The van der Waals surface area contributed by atoms with Gasteiger partial charge in [0.05, 0.1) is 0 Å². The third kappa shape index (κ3) is 7.59. The maximum Gasteiger partial charge on any atom is 0.0213 e. The first-order chi connectivity index (χ1) is 5.93. The van der Waals surface area contributed by atoms with Gasteiger partial charge in [-0.05, 0) is 48.9 Å². The summed E-state index contributed by atoms with van der Waals surface area (Å²) >= 11 is 1.76. The average molecular weight is 257 g/mol. The highest BCUT2D eigenvalue weighted by molar-refractivity contribution is 7.07. The van der Waals surface area contributed by atoms with Crippen LogP contribution in [-0.2, 0) is 6.54 Å². The molecule has 0 amide bonds. The summed E-state index contributed by atoms with van der Waals surface area (Å²) in [5.41, 5.74) is 1.39. The minimum Gasteiger partial charge on any atom is -0.320 e. The summed E-state index contributed by atoms with van der Waals surface area (Å²) < 4.78 is 0. The first-order valence-corrected chi connectivity index (χ1v) is 5.24. The zero-order valence-corrected chi connectivity index (χ0v) is 10.7. The molecule has 0 fully saturated rings. The van der Waals surface area contributed by atoms with E-state index in [4.69, 9.17) is 0 Å². The first-order valence-electron chi connectivity index (χ1n) is 4.30. The normalized spacial score (nSPS) is 8.93. The van der Waals surface area contributed by atoms with E-state index in [-0.39, 0.29) is 24.8 Å². The molecule has 84 valence electrons. The first kappa shape index (κ1) is 16.6. The summed E-state index contributed by atoms with van der Waals surface area (Å²) in [5, 5.41) is 10.8. The smallest absolute Gasteiger partial charge is 0.0213 e. The molecule has 1 rings (SSSR count). The molecule has 0 radical (unpaired) electrons. The van der Waals surface area contributed by atoms with Gasteiger partial charge in [-0.2, -0.15) is 11.3 Å². The van der Waals surface area contributed by atoms with E-state index in [2.05, 4.69) is 27.5 Å². The highest BCUT2D eigenvalue weighted by atomic mass is 35.5. The number of rotatable bonds is 6. The van der Waals surface area contributed by atoms with E-state index in [1.807, 2.05) is 7.05 Å². The molecule has 14 heavy (non-hydrogen) atoms. The predicted octanol–water partition coefficient (Wildman–Crippen LogP) is 2.29. The third-order valence-electron chi connectivity index (χ3n) is 1.69. The van der Waals surface area contributed by atoms with Crippen LogP contribution in [0.5, 0.6) is 0 Å². The van der Waals surface area contributed by atoms with Crippen molar-refractivity contribution in [2.24, 2.45) is 0 Å². The molecule has 0 saturated carbocycles. The number of thiophene rings is 1. The van der Waals surface area contributed by atoms with Crippen LogP contribution in [0.15, 0.2) is 16.8 Å². The zero-order chi connectivity index (χ0) is 8.65. The second kappa shape index (κ2) is 11.3. The zero-order valence-electron chi connectivity index (χ0n) is 8.29. The number of hydrogen-bond donors (Lipinski definition) is 2. The molecule has 1 heterocycles. The van der Waals surface area contributed by atoms with Gasteiger partial charge in [-0.3, -0.25) is 0 Å². The fraction of sp³-hybridized carbons (Fsp3) is 0.556. The Morgan fingerprint density at radius 3 is 2.64 bits per heavy atom. The Labute approximate surface area is 102 Å². The van der Waals surface area contributed by atoms with Gasteiger partial charge in [-0.15, -0.1) is 24.8 Å². The monoisotopic (exact) mass is 256 g/mol. The number of halogens is 2. The molecule has 0 bridgehead atoms. The SMILES string of the molecule is CNCCCNCc1ccsc1.Cl.Cl. The van der Waals surface area contributed by atoms with Crippen LogP contribution in [-0.4, -0.2) is 20.1 Å². The van der Waals surface area contributed by atoms with Gasteiger partial charge in [0.1, 0.15) is 0 Å². The Morgan fingerprint density at radius 1 is 1.29 bits per heavy atom. The summed E-state index contributed by atoms with van der Waals surface area (Å²) in [6, 6.07) is 2.16. The Hall–Kier alpha value is 0.200. The molecule has 0 atom stereocenters. The molecule has 5 heteroatoms. The van der Waals surface area contributed by atoms with Crippen molar-refractivity contribution in [2.75, 3.05) is 20.1 Å². The van der Waals surface area contributed by atoms with E-state index >= 15 is 0 Å². The van der Waals surface area contributed by atoms with Gasteiger partial charge in [0.25, 0.3) is 0 Å². The van der Waals surface area contributed by atoms with Crippen molar-refractivity contribution in [3.8, 4) is 0 Å². The highest BCUT2D eigenvalue weighted by Gasteiger charge is 1.90. The summed E-state index contributed by atoms with van der Waals surface area (Å²) in [7, 11) is 1.98. The largest absolute Gasteiger partial charge is 0.320 e. The summed E-state index contributed by atoms with van der Waals surface area (Å²) in [5.74, 6) is 0. The Kier molecular flexibility index (Phi) is 13.4. The second-order valence-electron chi connectivity index (χ2n) is 2.77. The Bertz CT molecular complexity index is 193. The lowest BCUT2D eigenvalue weighted by Crippen LogP contribution is -2.19. The lowest BCUT2D eigenvalue weighted by Gasteiger charge is -2.01. The molecule has 0 saturated heterocycles. The topological polar surface area (TPSA) is 24.1 Å². The van der Waals surface area contributed by atoms with Gasteiger partial charge in [0, 0.05) is 6.54 Å². The maximum absolute atomic E-state index is 3.39. The molecule has 0 spiro atoms. The molecule has 0 aliphatic rings. The minimum atomic E-state index is 0. The molecule has 2 nitrogen and oxygen atoms in total. The van der Waals surface area contributed by atoms with Gasteiger partial charge in [-0.1, -0.05) is 0 Å². The van der Waals surface area contributed by atoms with Gasteiger partial charge in [0.15, 0.2) is 0 Å². The van der Waals surface area contributed by atoms with Gasteiger partial charge < -0.3 is 10.6 Å². The standard InChI is InChI=1S/C9H16N2S.2ClH/c1-10-4-2-5-11-7-9-3-6-12-8-9;;/h3,6,8,10-11H,2,4-5,7H2,1H3;2*1H. The van der Waals surface area contributed by atoms with E-state index in [1.165, 1.54) is 12.0 Å². The van der Waals surface area contributed by atoms with Crippen molar-refractivity contribution in [3.63, 3.8) is 0 Å². The Morgan fingerprint density at radius 2 is 2.07 bits per heavy atom. The third-order valence-corrected chi connectivity index (χ3v) is 2.42. The van der Waals surface area contributed by atoms with E-state index in [0.717, 1.165) is 19.6 Å². The minimum absolute atomic E-state index is 0. The fourth-order valence-electron chi connectivity index (χ4n) is 1.02. The van der Waals surface area contributed by atoms with E-state index in [9.17, 15) is 0 Å². The average Bonchev–Trinajstić information content (AvgIpc) is 2.57. The van der Waals surface area contributed by atoms with Gasteiger partial charge in [-0.25, -0.2) is 0 Å². The number of hydrogen-bond acceptors (Lipinski definition) is 3. The molecule has 1 aromatic rings. The summed E-state index contributed by atoms with van der Waals surface area (Å²) in [4.78, 5) is 0. The van der Waals surface area contributed by atoms with Gasteiger partial charge in [0.2, 0.25) is 0 Å². The van der Waals surface area contributed by atoms with Crippen LogP contribution in [0.2, 0.25) is 0 Å². The van der Waals surface area contributed by atoms with Crippen molar-refractivity contribution in [2.45, 2.75) is 13.0 Å². The quantitative estimate of drug-likeness (QED) is 0.764. The molecular weight excluding hydrogens is 239 g/mol. The lowest BCUT2D eigenvalue weighted by molar-refractivity contribution is 0.626. The Balaban J connectivity index is 0. The van der Waals surface area contributed by atoms with Crippen LogP contribution < -0.4 is 10.6 Å². The highest BCUT2D eigenvalue weighted by Crippen LogP contribution is 2.04. The lowest BCUT2D eigenvalue weighted by atomic mass is 10.3. The van der Waals surface area contributed by atoms with Crippen LogP contribution >= 0.6 is 36.2 Å². The molecule has 0 aliphatic heterocycles. The molecule has 1 aromatic heterocycles. The predicted molar refractivity (Wildman–Crippen MR) is 69.1 cm³/mol. The van der Waals surface area contributed by atoms with E-state index < -0.39 is 0 Å². The molecule has 0 unspecified atom stereocenters. The van der Waals surface area contributed by atoms with Crippen molar-refractivity contribution >= 4 is 36.2 Å². The summed E-state index contributed by atoms with van der Waals surface area (Å²) in [6.45, 7) is 3.19. The molecule has 0 aliphatic carbocycles. The summed E-state index contributed by atoms with van der Waals surface area (Å²) in [6.07, 6.45) is 1.20. The van der Waals surface area contributed by atoms with Crippen LogP contribution in [0.25, 0.3) is 0 Å². The molecule has 2 N–H and O–H groups in total. The van der Waals surface area contributed by atoms with Crippen LogP contribution in [0, 0.1) is 0 Å². The second-order valence-corrected chi connectivity index (χ2v) is 3.55.